The molecule has 0 radical (unpaired) electrons. The zero-order chi connectivity index (χ0) is 19.6. The highest BCUT2D eigenvalue weighted by molar-refractivity contribution is 7.11. The molecule has 2 rings (SSSR count). The minimum atomic E-state index is 0.137. The van der Waals surface area contributed by atoms with Gasteiger partial charge < -0.3 is 20.3 Å². The summed E-state index contributed by atoms with van der Waals surface area (Å²) in [6, 6.07) is 8.26. The molecule has 0 aliphatic carbocycles. The molecule has 2 N–H and O–H groups in total. The van der Waals surface area contributed by atoms with Crippen molar-refractivity contribution in [2.45, 2.75) is 26.3 Å². The van der Waals surface area contributed by atoms with Gasteiger partial charge in [-0.05, 0) is 34.0 Å². The summed E-state index contributed by atoms with van der Waals surface area (Å²) in [6.07, 6.45) is 2.82. The Hall–Kier alpha value is -2.12. The second kappa shape index (κ2) is 10.9. The first-order valence-electron chi connectivity index (χ1n) is 9.28. The van der Waals surface area contributed by atoms with E-state index in [1.165, 1.54) is 4.88 Å². The van der Waals surface area contributed by atoms with Gasteiger partial charge in [-0.2, -0.15) is 0 Å². The third kappa shape index (κ3) is 6.52. The molecule has 27 heavy (non-hydrogen) atoms. The van der Waals surface area contributed by atoms with Crippen LogP contribution in [-0.4, -0.2) is 56.7 Å². The highest BCUT2D eigenvalue weighted by Gasteiger charge is 2.18. The number of rotatable bonds is 9. The molecule has 0 saturated heterocycles. The fourth-order valence-corrected chi connectivity index (χ4v) is 3.59. The van der Waals surface area contributed by atoms with Gasteiger partial charge in [0.05, 0.1) is 24.7 Å². The highest BCUT2D eigenvalue weighted by Crippen LogP contribution is 2.28. The smallest absolute Gasteiger partial charge is 0.191 e. The van der Waals surface area contributed by atoms with Crippen molar-refractivity contribution >= 4 is 17.3 Å². The number of likely N-dealkylation sites (N-methyl/N-ethyl adjacent to an activating group) is 1. The second-order valence-electron chi connectivity index (χ2n) is 6.48. The van der Waals surface area contributed by atoms with Crippen molar-refractivity contribution in [3.63, 3.8) is 0 Å². The van der Waals surface area contributed by atoms with Crippen molar-refractivity contribution < 1.29 is 4.74 Å². The number of benzene rings is 1. The number of hydrogen-bond acceptors (Lipinski definition) is 5. The summed E-state index contributed by atoms with van der Waals surface area (Å²) in [6.45, 7) is 6.42. The standard InChI is InChI=1S/C20H31N5OS/c1-6-21-20(22-12-11-19-23-13-15(2)27-19)24-14-17(25(3)4)16-9-7-8-10-18(16)26-5/h7-10,13,17H,6,11-12,14H2,1-5H3,(H2,21,22,24). The summed E-state index contributed by atoms with van der Waals surface area (Å²) in [7, 11) is 5.84. The van der Waals surface area contributed by atoms with Gasteiger partial charge in [0.1, 0.15) is 5.75 Å². The molecule has 6 nitrogen and oxygen atoms in total. The summed E-state index contributed by atoms with van der Waals surface area (Å²) in [5.74, 6) is 1.72. The maximum Gasteiger partial charge on any atom is 0.191 e. The lowest BCUT2D eigenvalue weighted by Crippen LogP contribution is -2.39. The predicted octanol–water partition coefficient (Wildman–Crippen LogP) is 2.86. The molecule has 0 aliphatic rings. The van der Waals surface area contributed by atoms with Crippen LogP contribution in [0.25, 0.3) is 0 Å². The van der Waals surface area contributed by atoms with Gasteiger partial charge in [-0.15, -0.1) is 11.3 Å². The lowest BCUT2D eigenvalue weighted by molar-refractivity contribution is 0.295. The van der Waals surface area contributed by atoms with Gasteiger partial charge in [-0.3, -0.25) is 4.99 Å². The van der Waals surface area contributed by atoms with E-state index in [4.69, 9.17) is 9.73 Å². The van der Waals surface area contributed by atoms with Gasteiger partial charge in [0.2, 0.25) is 0 Å². The van der Waals surface area contributed by atoms with Crippen LogP contribution in [0.15, 0.2) is 35.5 Å². The molecule has 0 aliphatic heterocycles. The molecule has 2 aromatic rings. The van der Waals surface area contributed by atoms with Crippen LogP contribution in [0.1, 0.15) is 28.4 Å². The summed E-state index contributed by atoms with van der Waals surface area (Å²) in [5, 5.41) is 7.88. The van der Waals surface area contributed by atoms with Crippen LogP contribution >= 0.6 is 11.3 Å². The van der Waals surface area contributed by atoms with Crippen LogP contribution in [0.5, 0.6) is 5.75 Å². The first kappa shape index (κ1) is 21.2. The number of methoxy groups -OCH3 is 1. The summed E-state index contributed by atoms with van der Waals surface area (Å²) in [5.41, 5.74) is 1.14. The Morgan fingerprint density at radius 2 is 2.07 bits per heavy atom. The van der Waals surface area contributed by atoms with Crippen molar-refractivity contribution in [3.8, 4) is 5.75 Å². The molecule has 0 spiro atoms. The van der Waals surface area contributed by atoms with E-state index in [0.29, 0.717) is 6.54 Å². The number of nitrogens with zero attached hydrogens (tertiary/aromatic N) is 3. The second-order valence-corrected chi connectivity index (χ2v) is 7.80. The fraction of sp³-hybridized carbons (Fsp3) is 0.500. The lowest BCUT2D eigenvalue weighted by atomic mass is 10.0. The van der Waals surface area contributed by atoms with Gasteiger partial charge in [-0.25, -0.2) is 4.98 Å². The van der Waals surface area contributed by atoms with E-state index in [1.807, 2.05) is 24.4 Å². The zero-order valence-electron chi connectivity index (χ0n) is 17.0. The molecule has 0 bridgehead atoms. The number of thiazole rings is 1. The molecule has 0 amide bonds. The third-order valence-electron chi connectivity index (χ3n) is 4.19. The Labute approximate surface area is 166 Å². The number of ether oxygens (including phenoxy) is 1. The van der Waals surface area contributed by atoms with Crippen LogP contribution in [0.4, 0.5) is 0 Å². The first-order chi connectivity index (χ1) is 13.0. The van der Waals surface area contributed by atoms with Gasteiger partial charge in [0.25, 0.3) is 0 Å². The Bertz CT molecular complexity index is 729. The van der Waals surface area contributed by atoms with Crippen LogP contribution in [-0.2, 0) is 6.42 Å². The van der Waals surface area contributed by atoms with Gasteiger partial charge >= 0.3 is 0 Å². The molecule has 1 aromatic carbocycles. The topological polar surface area (TPSA) is 61.8 Å². The quantitative estimate of drug-likeness (QED) is 0.510. The number of hydrogen-bond donors (Lipinski definition) is 2. The SMILES string of the molecule is CCNC(=NCC(c1ccccc1OC)N(C)C)NCCc1ncc(C)s1. The summed E-state index contributed by atoms with van der Waals surface area (Å²) < 4.78 is 5.53. The highest BCUT2D eigenvalue weighted by atomic mass is 32.1. The maximum atomic E-state index is 5.53. The van der Waals surface area contributed by atoms with Crippen molar-refractivity contribution in [3.05, 3.63) is 45.9 Å². The van der Waals surface area contributed by atoms with Crippen molar-refractivity contribution in [1.29, 1.82) is 0 Å². The Morgan fingerprint density at radius 3 is 2.70 bits per heavy atom. The zero-order valence-corrected chi connectivity index (χ0v) is 17.8. The van der Waals surface area contributed by atoms with Crippen LogP contribution in [0.3, 0.4) is 0 Å². The number of aliphatic imine (C=N–C) groups is 1. The molecule has 148 valence electrons. The van der Waals surface area contributed by atoms with Crippen molar-refractivity contribution in [2.75, 3.05) is 40.8 Å². The number of nitrogens with one attached hydrogen (secondary N) is 2. The predicted molar refractivity (Wildman–Crippen MR) is 114 cm³/mol. The molecular weight excluding hydrogens is 358 g/mol. The van der Waals surface area contributed by atoms with E-state index in [9.17, 15) is 0 Å². The van der Waals surface area contributed by atoms with E-state index < -0.39 is 0 Å². The summed E-state index contributed by atoms with van der Waals surface area (Å²) >= 11 is 1.74. The number of guanidine groups is 1. The minimum Gasteiger partial charge on any atom is -0.496 e. The average molecular weight is 390 g/mol. The molecule has 7 heteroatoms. The van der Waals surface area contributed by atoms with Crippen molar-refractivity contribution in [1.82, 2.24) is 20.5 Å². The van der Waals surface area contributed by atoms with E-state index in [0.717, 1.165) is 41.8 Å². The maximum absolute atomic E-state index is 5.53. The Balaban J connectivity index is 2.03. The first-order valence-corrected chi connectivity index (χ1v) is 10.1. The molecule has 0 fully saturated rings. The fourth-order valence-electron chi connectivity index (χ4n) is 2.81. The Morgan fingerprint density at radius 1 is 1.30 bits per heavy atom. The molecule has 0 saturated carbocycles. The minimum absolute atomic E-state index is 0.137. The van der Waals surface area contributed by atoms with Crippen LogP contribution in [0, 0.1) is 6.92 Å². The lowest BCUT2D eigenvalue weighted by Gasteiger charge is -2.25. The van der Waals surface area contributed by atoms with E-state index in [1.54, 1.807) is 18.4 Å². The molecule has 1 heterocycles. The van der Waals surface area contributed by atoms with E-state index >= 15 is 0 Å². The Kier molecular flexibility index (Phi) is 8.54. The monoisotopic (exact) mass is 389 g/mol. The molecule has 1 unspecified atom stereocenters. The molecular formula is C20H31N5OS. The number of aryl methyl sites for hydroxylation is 1. The third-order valence-corrected chi connectivity index (χ3v) is 5.16. The van der Waals surface area contributed by atoms with Crippen LogP contribution in [0.2, 0.25) is 0 Å². The summed E-state index contributed by atoms with van der Waals surface area (Å²) in [4.78, 5) is 12.6. The number of aromatic nitrogens is 1. The van der Waals surface area contributed by atoms with E-state index in [2.05, 4.69) is 54.5 Å². The largest absolute Gasteiger partial charge is 0.496 e. The normalized spacial score (nSPS) is 12.9. The molecule has 1 aromatic heterocycles. The van der Waals surface area contributed by atoms with Crippen LogP contribution < -0.4 is 15.4 Å². The van der Waals surface area contributed by atoms with Gasteiger partial charge in [-0.1, -0.05) is 18.2 Å². The van der Waals surface area contributed by atoms with Crippen molar-refractivity contribution in [2.24, 2.45) is 4.99 Å². The number of para-hydroxylation sites is 1. The molecule has 1 atom stereocenters. The van der Waals surface area contributed by atoms with Gasteiger partial charge in [0.15, 0.2) is 5.96 Å². The van der Waals surface area contributed by atoms with E-state index in [-0.39, 0.29) is 6.04 Å². The van der Waals surface area contributed by atoms with Gasteiger partial charge in [0, 0.05) is 36.1 Å². The average Bonchev–Trinajstić information content (AvgIpc) is 3.07.